The van der Waals surface area contributed by atoms with Crippen molar-refractivity contribution in [2.75, 3.05) is 5.32 Å². The molecule has 3 aromatic rings. The van der Waals surface area contributed by atoms with E-state index in [1.807, 2.05) is 38.1 Å². The van der Waals surface area contributed by atoms with E-state index in [4.69, 9.17) is 0 Å². The van der Waals surface area contributed by atoms with E-state index in [0.29, 0.717) is 22.6 Å². The van der Waals surface area contributed by atoms with Crippen molar-refractivity contribution in [1.82, 2.24) is 9.78 Å². The lowest BCUT2D eigenvalue weighted by molar-refractivity contribution is -0.112. The number of nitrogens with one attached hydrogen (secondary N) is 1. The van der Waals surface area contributed by atoms with Crippen LogP contribution in [-0.2, 0) is 4.79 Å². The molecule has 0 saturated heterocycles. The lowest BCUT2D eigenvalue weighted by atomic mass is 10.1. The predicted octanol–water partition coefficient (Wildman–Crippen LogP) is 4.48. The highest BCUT2D eigenvalue weighted by molar-refractivity contribution is 6.09. The first-order valence-electron chi connectivity index (χ1n) is 8.71. The summed E-state index contributed by atoms with van der Waals surface area (Å²) in [7, 11) is 0. The number of benzene rings is 2. The number of aromatic nitrogens is 2. The number of aryl methyl sites for hydroxylation is 2. The Balaban J connectivity index is 1.93. The van der Waals surface area contributed by atoms with E-state index < -0.39 is 5.91 Å². The third-order valence-electron chi connectivity index (χ3n) is 4.35. The number of hydrogen-bond acceptors (Lipinski definition) is 3. The van der Waals surface area contributed by atoms with Gasteiger partial charge in [0.2, 0.25) is 0 Å². The van der Waals surface area contributed by atoms with Gasteiger partial charge in [-0.2, -0.15) is 10.4 Å². The highest BCUT2D eigenvalue weighted by atomic mass is 19.1. The first kappa shape index (κ1) is 19.1. The first-order valence-corrected chi connectivity index (χ1v) is 8.71. The fourth-order valence-electron chi connectivity index (χ4n) is 2.91. The van der Waals surface area contributed by atoms with Crippen molar-refractivity contribution in [2.45, 2.75) is 20.8 Å². The highest BCUT2D eigenvalue weighted by Gasteiger charge is 2.15. The van der Waals surface area contributed by atoms with Crippen LogP contribution in [0.15, 0.2) is 54.1 Å². The van der Waals surface area contributed by atoms with Crippen LogP contribution >= 0.6 is 0 Å². The minimum atomic E-state index is -0.485. The number of carbonyl (C=O) groups is 1. The molecule has 0 aliphatic carbocycles. The number of rotatable bonds is 4. The van der Waals surface area contributed by atoms with Gasteiger partial charge in [-0.05, 0) is 68.8 Å². The molecule has 0 fully saturated rings. The number of halogens is 1. The van der Waals surface area contributed by atoms with Crippen LogP contribution in [0.5, 0.6) is 0 Å². The fraction of sp³-hybridized carbons (Fsp3) is 0.136. The third-order valence-corrected chi connectivity index (χ3v) is 4.35. The maximum absolute atomic E-state index is 13.2. The summed E-state index contributed by atoms with van der Waals surface area (Å²) in [6.07, 6.45) is 1.53. The summed E-state index contributed by atoms with van der Waals surface area (Å²) in [5.74, 6) is -0.814. The molecule has 2 aromatic carbocycles. The molecular formula is C22H19FN4O. The van der Waals surface area contributed by atoms with Crippen LogP contribution in [0, 0.1) is 37.9 Å². The molecule has 28 heavy (non-hydrogen) atoms. The molecule has 0 atom stereocenters. The summed E-state index contributed by atoms with van der Waals surface area (Å²) < 4.78 is 14.8. The molecular weight excluding hydrogens is 355 g/mol. The topological polar surface area (TPSA) is 70.7 Å². The van der Waals surface area contributed by atoms with Gasteiger partial charge in [0.1, 0.15) is 17.5 Å². The van der Waals surface area contributed by atoms with E-state index in [2.05, 4.69) is 10.4 Å². The van der Waals surface area contributed by atoms with Gasteiger partial charge in [-0.25, -0.2) is 9.07 Å². The van der Waals surface area contributed by atoms with Crippen LogP contribution in [0.2, 0.25) is 0 Å². The SMILES string of the molecule is Cc1cccc(NC(=O)C(C#N)=Cc2c(C)nn(-c3ccc(F)cc3)c2C)c1. The fourth-order valence-corrected chi connectivity index (χ4v) is 2.91. The van der Waals surface area contributed by atoms with Crippen molar-refractivity contribution in [3.05, 3.63) is 82.4 Å². The molecule has 0 bridgehead atoms. The predicted molar refractivity (Wildman–Crippen MR) is 106 cm³/mol. The van der Waals surface area contributed by atoms with Crippen molar-refractivity contribution in [3.63, 3.8) is 0 Å². The van der Waals surface area contributed by atoms with Gasteiger partial charge in [0.05, 0.1) is 11.4 Å². The molecule has 1 aromatic heterocycles. The second kappa shape index (κ2) is 7.89. The molecule has 140 valence electrons. The summed E-state index contributed by atoms with van der Waals surface area (Å²) in [6.45, 7) is 5.56. The van der Waals surface area contributed by atoms with Crippen molar-refractivity contribution in [2.24, 2.45) is 0 Å². The Morgan fingerprint density at radius 2 is 1.89 bits per heavy atom. The van der Waals surface area contributed by atoms with Crippen LogP contribution < -0.4 is 5.32 Å². The van der Waals surface area contributed by atoms with Crippen molar-refractivity contribution < 1.29 is 9.18 Å². The number of nitrogens with zero attached hydrogens (tertiary/aromatic N) is 3. The second-order valence-corrected chi connectivity index (χ2v) is 6.47. The average molecular weight is 374 g/mol. The number of amides is 1. The Morgan fingerprint density at radius 1 is 1.18 bits per heavy atom. The molecule has 0 aliphatic heterocycles. The molecule has 0 aliphatic rings. The van der Waals surface area contributed by atoms with Gasteiger partial charge in [0.25, 0.3) is 5.91 Å². The smallest absolute Gasteiger partial charge is 0.266 e. The standard InChI is InChI=1S/C22H19FN4O/c1-14-5-4-6-19(11-14)25-22(28)17(13-24)12-21-15(2)26-27(16(21)3)20-9-7-18(23)8-10-20/h4-12H,1-3H3,(H,25,28). The largest absolute Gasteiger partial charge is 0.321 e. The lowest BCUT2D eigenvalue weighted by Gasteiger charge is -2.06. The maximum atomic E-state index is 13.2. The second-order valence-electron chi connectivity index (χ2n) is 6.47. The molecule has 0 spiro atoms. The Kier molecular flexibility index (Phi) is 5.37. The zero-order valence-corrected chi connectivity index (χ0v) is 15.8. The van der Waals surface area contributed by atoms with E-state index in [1.165, 1.54) is 18.2 Å². The number of hydrogen-bond donors (Lipinski definition) is 1. The molecule has 0 radical (unpaired) electrons. The maximum Gasteiger partial charge on any atom is 0.266 e. The lowest BCUT2D eigenvalue weighted by Crippen LogP contribution is -2.13. The van der Waals surface area contributed by atoms with Gasteiger partial charge >= 0.3 is 0 Å². The Labute approximate surface area is 162 Å². The average Bonchev–Trinajstić information content (AvgIpc) is 2.94. The van der Waals surface area contributed by atoms with Crippen molar-refractivity contribution in [1.29, 1.82) is 5.26 Å². The van der Waals surface area contributed by atoms with Crippen LogP contribution in [0.3, 0.4) is 0 Å². The highest BCUT2D eigenvalue weighted by Crippen LogP contribution is 2.21. The van der Waals surface area contributed by atoms with E-state index in [-0.39, 0.29) is 11.4 Å². The minimum absolute atomic E-state index is 0.0219. The van der Waals surface area contributed by atoms with Crippen LogP contribution in [0.4, 0.5) is 10.1 Å². The van der Waals surface area contributed by atoms with Crippen molar-refractivity contribution >= 4 is 17.7 Å². The zero-order valence-electron chi connectivity index (χ0n) is 15.8. The molecule has 1 N–H and O–H groups in total. The Morgan fingerprint density at radius 3 is 2.54 bits per heavy atom. The van der Waals surface area contributed by atoms with Gasteiger partial charge in [-0.1, -0.05) is 12.1 Å². The van der Waals surface area contributed by atoms with E-state index in [9.17, 15) is 14.4 Å². The third kappa shape index (κ3) is 3.99. The Hall–Kier alpha value is -3.72. The van der Waals surface area contributed by atoms with Crippen LogP contribution in [-0.4, -0.2) is 15.7 Å². The normalized spacial score (nSPS) is 11.2. The number of nitriles is 1. The van der Waals surface area contributed by atoms with E-state index >= 15 is 0 Å². The zero-order chi connectivity index (χ0) is 20.3. The molecule has 6 heteroatoms. The van der Waals surface area contributed by atoms with Gasteiger partial charge in [0, 0.05) is 16.9 Å². The summed E-state index contributed by atoms with van der Waals surface area (Å²) in [5.41, 5.74) is 4.41. The molecule has 3 rings (SSSR count). The molecule has 0 unspecified atom stereocenters. The van der Waals surface area contributed by atoms with Gasteiger partial charge in [0.15, 0.2) is 0 Å². The quantitative estimate of drug-likeness (QED) is 0.541. The number of carbonyl (C=O) groups excluding carboxylic acids is 1. The molecule has 1 heterocycles. The van der Waals surface area contributed by atoms with Crippen LogP contribution in [0.1, 0.15) is 22.5 Å². The molecule has 1 amide bonds. The van der Waals surface area contributed by atoms with E-state index in [1.54, 1.807) is 29.8 Å². The van der Waals surface area contributed by atoms with Gasteiger partial charge in [-0.3, -0.25) is 4.79 Å². The summed E-state index contributed by atoms with van der Waals surface area (Å²) >= 11 is 0. The van der Waals surface area contributed by atoms with E-state index in [0.717, 1.165) is 11.3 Å². The number of anilines is 1. The van der Waals surface area contributed by atoms with Gasteiger partial charge < -0.3 is 5.32 Å². The monoisotopic (exact) mass is 374 g/mol. The minimum Gasteiger partial charge on any atom is -0.321 e. The van der Waals surface area contributed by atoms with Gasteiger partial charge in [-0.15, -0.1) is 0 Å². The Bertz CT molecular complexity index is 1100. The van der Waals surface area contributed by atoms with Crippen molar-refractivity contribution in [3.8, 4) is 11.8 Å². The molecule has 0 saturated carbocycles. The first-order chi connectivity index (χ1) is 13.4. The summed E-state index contributed by atoms with van der Waals surface area (Å²) in [5, 5.41) is 16.7. The molecule has 5 nitrogen and oxygen atoms in total. The van der Waals surface area contributed by atoms with Crippen LogP contribution in [0.25, 0.3) is 11.8 Å². The summed E-state index contributed by atoms with van der Waals surface area (Å²) in [6, 6.07) is 15.3. The summed E-state index contributed by atoms with van der Waals surface area (Å²) in [4.78, 5) is 12.5.